The van der Waals surface area contributed by atoms with Gasteiger partial charge in [-0.15, -0.1) is 0 Å². The molecule has 0 amide bonds. The Kier molecular flexibility index (Phi) is 5.08. The first-order valence-electron chi connectivity index (χ1n) is 8.98. The molecule has 2 saturated heterocycles. The van der Waals surface area contributed by atoms with Crippen LogP contribution in [0.2, 0.25) is 0 Å². The van der Waals surface area contributed by atoms with E-state index in [0.29, 0.717) is 17.6 Å². The number of rotatable bonds is 3. The number of carbonyl (C=O) groups excluding carboxylic acids is 2. The van der Waals surface area contributed by atoms with Crippen molar-refractivity contribution in [2.75, 3.05) is 6.61 Å². The second kappa shape index (κ2) is 7.00. The molecule has 0 spiro atoms. The van der Waals surface area contributed by atoms with Crippen LogP contribution in [0.1, 0.15) is 40.0 Å². The van der Waals surface area contributed by atoms with E-state index < -0.39 is 30.1 Å². The summed E-state index contributed by atoms with van der Waals surface area (Å²) in [7, 11) is 0. The highest BCUT2D eigenvalue weighted by atomic mass is 16.6. The molecule has 0 aromatic rings. The van der Waals surface area contributed by atoms with E-state index in [-0.39, 0.29) is 18.3 Å². The lowest BCUT2D eigenvalue weighted by Gasteiger charge is -2.28. The first kappa shape index (κ1) is 18.9. The average molecular weight is 362 g/mol. The second-order valence-electron chi connectivity index (χ2n) is 7.58. The van der Waals surface area contributed by atoms with Crippen molar-refractivity contribution >= 4 is 11.9 Å². The zero-order valence-corrected chi connectivity index (χ0v) is 15.5. The lowest BCUT2D eigenvalue weighted by Crippen LogP contribution is -2.38. The Balaban J connectivity index is 1.92. The van der Waals surface area contributed by atoms with Gasteiger partial charge < -0.3 is 19.3 Å². The number of epoxide rings is 1. The van der Waals surface area contributed by atoms with E-state index in [4.69, 9.17) is 19.3 Å². The number of fused-ring (bicyclic) bond motifs is 3. The lowest BCUT2D eigenvalue weighted by atomic mass is 9.82. The van der Waals surface area contributed by atoms with Crippen LogP contribution in [0.15, 0.2) is 35.5 Å². The molecule has 1 N–H and O–H groups in total. The highest BCUT2D eigenvalue weighted by Crippen LogP contribution is 2.50. The molecule has 6 heteroatoms. The van der Waals surface area contributed by atoms with Crippen molar-refractivity contribution in [3.05, 3.63) is 35.5 Å². The molecular formula is C20H26O6. The van der Waals surface area contributed by atoms with Crippen LogP contribution in [-0.2, 0) is 23.8 Å². The average Bonchev–Trinajstić information content (AvgIpc) is 3.15. The lowest BCUT2D eigenvalue weighted by molar-refractivity contribution is -0.148. The van der Waals surface area contributed by atoms with E-state index in [0.717, 1.165) is 18.4 Å². The molecule has 2 aliphatic heterocycles. The fraction of sp³-hybridized carbons (Fsp3) is 0.600. The molecule has 6 nitrogen and oxygen atoms in total. The van der Waals surface area contributed by atoms with Crippen molar-refractivity contribution in [2.45, 2.75) is 63.9 Å². The molecule has 0 aromatic heterocycles. The van der Waals surface area contributed by atoms with Crippen molar-refractivity contribution in [3.8, 4) is 0 Å². The van der Waals surface area contributed by atoms with E-state index in [1.165, 1.54) is 6.08 Å². The third kappa shape index (κ3) is 3.48. The molecule has 0 bridgehead atoms. The van der Waals surface area contributed by atoms with E-state index in [1.54, 1.807) is 6.92 Å². The van der Waals surface area contributed by atoms with Gasteiger partial charge in [0, 0.05) is 17.6 Å². The van der Waals surface area contributed by atoms with Crippen molar-refractivity contribution in [1.29, 1.82) is 0 Å². The fourth-order valence-corrected chi connectivity index (χ4v) is 3.86. The second-order valence-corrected chi connectivity index (χ2v) is 7.58. The van der Waals surface area contributed by atoms with Crippen molar-refractivity contribution in [2.24, 2.45) is 5.92 Å². The molecule has 0 aromatic carbocycles. The molecule has 0 radical (unpaired) electrons. The van der Waals surface area contributed by atoms with E-state index in [1.807, 2.05) is 13.8 Å². The maximum absolute atomic E-state index is 12.4. The summed E-state index contributed by atoms with van der Waals surface area (Å²) in [5.41, 5.74) is 1.40. The van der Waals surface area contributed by atoms with E-state index >= 15 is 0 Å². The summed E-state index contributed by atoms with van der Waals surface area (Å²) in [4.78, 5) is 24.6. The van der Waals surface area contributed by atoms with Gasteiger partial charge in [-0.1, -0.05) is 18.2 Å². The standard InChI is InChI=1S/C20H26O6/c1-11-6-5-8-20(4)17(26-20)16-15(13(3)19(23)25-16)14(10-11)24-18(22)12(2)7-9-21/h6-7,14-17,21H,3,5,8-10H2,1-2,4H3/b11-6-,12-7+/t14-,15?,16+,17?,20-/m1/s1. The van der Waals surface area contributed by atoms with E-state index in [2.05, 4.69) is 12.7 Å². The minimum Gasteiger partial charge on any atom is -0.458 e. The van der Waals surface area contributed by atoms with Gasteiger partial charge in [-0.25, -0.2) is 9.59 Å². The summed E-state index contributed by atoms with van der Waals surface area (Å²) in [5, 5.41) is 8.99. The van der Waals surface area contributed by atoms with Gasteiger partial charge in [-0.2, -0.15) is 0 Å². The van der Waals surface area contributed by atoms with Gasteiger partial charge in [0.25, 0.3) is 0 Å². The Hall–Kier alpha value is -1.92. The zero-order chi connectivity index (χ0) is 19.1. The van der Waals surface area contributed by atoms with Gasteiger partial charge in [0.05, 0.1) is 18.1 Å². The van der Waals surface area contributed by atoms with Gasteiger partial charge in [-0.05, 0) is 39.7 Å². The van der Waals surface area contributed by atoms with Crippen LogP contribution >= 0.6 is 0 Å². The molecule has 2 fully saturated rings. The fourth-order valence-electron chi connectivity index (χ4n) is 3.86. The number of allylic oxidation sites excluding steroid dienone is 1. The van der Waals surface area contributed by atoms with Gasteiger partial charge in [0.15, 0.2) is 0 Å². The number of aliphatic hydroxyl groups is 1. The quantitative estimate of drug-likeness (QED) is 0.359. The number of ether oxygens (including phenoxy) is 3. The van der Waals surface area contributed by atoms with Crippen LogP contribution < -0.4 is 0 Å². The van der Waals surface area contributed by atoms with Gasteiger partial charge >= 0.3 is 11.9 Å². The molecule has 2 heterocycles. The number of hydrogen-bond acceptors (Lipinski definition) is 6. The summed E-state index contributed by atoms with van der Waals surface area (Å²) in [6.07, 6.45) is 4.45. The van der Waals surface area contributed by atoms with Crippen LogP contribution in [0.3, 0.4) is 0 Å². The highest BCUT2D eigenvalue weighted by Gasteiger charge is 2.63. The third-order valence-corrected chi connectivity index (χ3v) is 5.54. The number of carbonyl (C=O) groups is 2. The molecule has 2 unspecified atom stereocenters. The Morgan fingerprint density at radius 2 is 2.27 bits per heavy atom. The predicted octanol–water partition coefficient (Wildman–Crippen LogP) is 2.22. The Morgan fingerprint density at radius 1 is 1.54 bits per heavy atom. The normalized spacial score (nSPS) is 39.2. The van der Waals surface area contributed by atoms with Crippen molar-refractivity contribution in [1.82, 2.24) is 0 Å². The molecule has 1 aliphatic carbocycles. The molecule has 0 saturated carbocycles. The monoisotopic (exact) mass is 362 g/mol. The smallest absolute Gasteiger partial charge is 0.334 e. The topological polar surface area (TPSA) is 85.4 Å². The van der Waals surface area contributed by atoms with Gasteiger partial charge in [-0.3, -0.25) is 0 Å². The molecule has 5 atom stereocenters. The Bertz CT molecular complexity index is 690. The largest absolute Gasteiger partial charge is 0.458 e. The minimum atomic E-state index is -0.573. The van der Waals surface area contributed by atoms with E-state index in [9.17, 15) is 9.59 Å². The highest BCUT2D eigenvalue weighted by molar-refractivity contribution is 5.91. The van der Waals surface area contributed by atoms with Crippen LogP contribution in [0.5, 0.6) is 0 Å². The third-order valence-electron chi connectivity index (χ3n) is 5.54. The van der Waals surface area contributed by atoms with Crippen molar-refractivity contribution < 1.29 is 28.9 Å². The summed E-state index contributed by atoms with van der Waals surface area (Å²) < 4.78 is 17.2. The maximum Gasteiger partial charge on any atom is 0.334 e. The summed E-state index contributed by atoms with van der Waals surface area (Å²) >= 11 is 0. The van der Waals surface area contributed by atoms with Gasteiger partial charge in [0.2, 0.25) is 0 Å². The predicted molar refractivity (Wildman–Crippen MR) is 94.1 cm³/mol. The van der Waals surface area contributed by atoms with Gasteiger partial charge in [0.1, 0.15) is 18.3 Å². The summed E-state index contributed by atoms with van der Waals surface area (Å²) in [5.74, 6) is -1.41. The maximum atomic E-state index is 12.4. The van der Waals surface area contributed by atoms with Crippen LogP contribution in [-0.4, -0.2) is 47.6 Å². The van der Waals surface area contributed by atoms with Crippen LogP contribution in [0.4, 0.5) is 0 Å². The Morgan fingerprint density at radius 3 is 2.96 bits per heavy atom. The molecule has 3 aliphatic rings. The number of esters is 2. The zero-order valence-electron chi connectivity index (χ0n) is 15.5. The van der Waals surface area contributed by atoms with Crippen molar-refractivity contribution in [3.63, 3.8) is 0 Å². The minimum absolute atomic E-state index is 0.210. The summed E-state index contributed by atoms with van der Waals surface area (Å²) in [6, 6.07) is 0. The Labute approximate surface area is 153 Å². The van der Waals surface area contributed by atoms with Crippen LogP contribution in [0, 0.1) is 5.92 Å². The molecule has 26 heavy (non-hydrogen) atoms. The number of hydrogen-bond donors (Lipinski definition) is 1. The number of aliphatic hydroxyl groups excluding tert-OH is 1. The molecule has 142 valence electrons. The van der Waals surface area contributed by atoms with Crippen LogP contribution in [0.25, 0.3) is 0 Å². The molecular weight excluding hydrogens is 336 g/mol. The summed E-state index contributed by atoms with van der Waals surface area (Å²) in [6.45, 7) is 9.25. The SMILES string of the molecule is C=C1C(=O)O[C@H]2C1[C@H](OC(=O)/C(C)=C/CO)C/C(C)=C\CC[C@@]1(C)OC21. The first-order valence-corrected chi connectivity index (χ1v) is 8.98. The molecule has 3 rings (SSSR count). The first-order chi connectivity index (χ1) is 12.3.